The summed E-state index contributed by atoms with van der Waals surface area (Å²) in [7, 11) is 1.80. The molecule has 6 heteroatoms. The van der Waals surface area contributed by atoms with Crippen molar-refractivity contribution < 1.29 is 5.11 Å². The molecular weight excluding hydrogens is 266 g/mol. The minimum Gasteiger partial charge on any atom is -0.382 e. The van der Waals surface area contributed by atoms with Crippen molar-refractivity contribution in [1.29, 1.82) is 0 Å². The van der Waals surface area contributed by atoms with E-state index >= 15 is 0 Å². The highest BCUT2D eigenvalue weighted by atomic mass is 16.3. The number of pyridine rings is 1. The number of terminal acetylenes is 1. The highest BCUT2D eigenvalue weighted by molar-refractivity contribution is 5.43. The van der Waals surface area contributed by atoms with Crippen molar-refractivity contribution in [3.8, 4) is 12.3 Å². The van der Waals surface area contributed by atoms with Crippen LogP contribution in [-0.2, 0) is 12.6 Å². The minimum absolute atomic E-state index is 0.585. The number of piperidine rings is 1. The Morgan fingerprint density at radius 2 is 2.10 bits per heavy atom. The van der Waals surface area contributed by atoms with Gasteiger partial charge in [0.15, 0.2) is 5.82 Å². The summed E-state index contributed by atoms with van der Waals surface area (Å²) >= 11 is 0. The number of hydrogen-bond acceptors (Lipinski definition) is 5. The molecule has 1 aliphatic rings. The smallest absolute Gasteiger partial charge is 0.158 e. The van der Waals surface area contributed by atoms with Gasteiger partial charge in [-0.05, 0) is 12.1 Å². The van der Waals surface area contributed by atoms with E-state index in [-0.39, 0.29) is 0 Å². The molecule has 1 N–H and O–H groups in total. The second-order valence-electron chi connectivity index (χ2n) is 5.25. The molecule has 0 aliphatic carbocycles. The van der Waals surface area contributed by atoms with Crippen molar-refractivity contribution in [2.75, 3.05) is 18.0 Å². The molecule has 1 aliphatic heterocycles. The Kier molecular flexibility index (Phi) is 3.35. The molecule has 0 bridgehead atoms. The molecule has 0 amide bonds. The van der Waals surface area contributed by atoms with Crippen LogP contribution in [0.25, 0.3) is 0 Å². The summed E-state index contributed by atoms with van der Waals surface area (Å²) in [5, 5.41) is 14.8. The van der Waals surface area contributed by atoms with Crippen LogP contribution in [0.2, 0.25) is 0 Å². The van der Waals surface area contributed by atoms with Gasteiger partial charge in [0.2, 0.25) is 0 Å². The molecule has 6 nitrogen and oxygen atoms in total. The molecule has 0 saturated carbocycles. The quantitative estimate of drug-likeness (QED) is 0.821. The standard InChI is InChI=1S/C15H17N5O/c1-3-12-5-4-6-13(18-12)20-9-7-15(21,8-10-20)14-16-11-17-19(14)2/h1,4-6,11,21H,7-10H2,2H3. The van der Waals surface area contributed by atoms with Crippen LogP contribution in [0.1, 0.15) is 24.4 Å². The fourth-order valence-electron chi connectivity index (χ4n) is 2.73. The minimum atomic E-state index is -0.925. The van der Waals surface area contributed by atoms with Crippen LogP contribution in [-0.4, -0.2) is 37.9 Å². The predicted octanol–water partition coefficient (Wildman–Crippen LogP) is 0.679. The third-order valence-corrected chi connectivity index (χ3v) is 3.92. The molecule has 3 rings (SSSR count). The second-order valence-corrected chi connectivity index (χ2v) is 5.25. The van der Waals surface area contributed by atoms with Crippen LogP contribution >= 0.6 is 0 Å². The zero-order chi connectivity index (χ0) is 14.9. The van der Waals surface area contributed by atoms with Crippen LogP contribution in [0.5, 0.6) is 0 Å². The van der Waals surface area contributed by atoms with E-state index in [1.165, 1.54) is 6.33 Å². The molecule has 1 saturated heterocycles. The maximum absolute atomic E-state index is 10.8. The number of hydrogen-bond donors (Lipinski definition) is 1. The molecule has 1 fully saturated rings. The maximum Gasteiger partial charge on any atom is 0.158 e. The summed E-state index contributed by atoms with van der Waals surface area (Å²) in [6.07, 6.45) is 8.02. The zero-order valence-electron chi connectivity index (χ0n) is 11.9. The highest BCUT2D eigenvalue weighted by Gasteiger charge is 2.37. The second kappa shape index (κ2) is 5.19. The fraction of sp³-hybridized carbons (Fsp3) is 0.400. The molecule has 2 aromatic rings. The van der Waals surface area contributed by atoms with E-state index in [2.05, 4.69) is 25.9 Å². The highest BCUT2D eigenvalue weighted by Crippen LogP contribution is 2.32. The van der Waals surface area contributed by atoms with Crippen LogP contribution in [0.4, 0.5) is 5.82 Å². The summed E-state index contributed by atoms with van der Waals surface area (Å²) in [6.45, 7) is 1.40. The van der Waals surface area contributed by atoms with Crippen molar-refractivity contribution in [1.82, 2.24) is 19.7 Å². The lowest BCUT2D eigenvalue weighted by atomic mass is 9.90. The largest absolute Gasteiger partial charge is 0.382 e. The van der Waals surface area contributed by atoms with Gasteiger partial charge in [0.25, 0.3) is 0 Å². The Morgan fingerprint density at radius 1 is 1.33 bits per heavy atom. The normalized spacial score (nSPS) is 17.5. The van der Waals surface area contributed by atoms with Crippen LogP contribution in [0.3, 0.4) is 0 Å². The lowest BCUT2D eigenvalue weighted by Gasteiger charge is -2.37. The van der Waals surface area contributed by atoms with Gasteiger partial charge in [-0.1, -0.05) is 12.0 Å². The Morgan fingerprint density at radius 3 is 2.71 bits per heavy atom. The van der Waals surface area contributed by atoms with Gasteiger partial charge in [-0.15, -0.1) is 6.42 Å². The molecular formula is C15H17N5O. The first-order chi connectivity index (χ1) is 10.1. The average molecular weight is 283 g/mol. The van der Waals surface area contributed by atoms with Crippen LogP contribution in [0, 0.1) is 12.3 Å². The monoisotopic (exact) mass is 283 g/mol. The Hall–Kier alpha value is -2.39. The van der Waals surface area contributed by atoms with Gasteiger partial charge in [-0.3, -0.25) is 4.68 Å². The summed E-state index contributed by atoms with van der Waals surface area (Å²) in [4.78, 5) is 10.7. The first kappa shape index (κ1) is 13.6. The zero-order valence-corrected chi connectivity index (χ0v) is 11.9. The van der Waals surface area contributed by atoms with E-state index in [0.29, 0.717) is 37.4 Å². The van der Waals surface area contributed by atoms with Gasteiger partial charge in [0, 0.05) is 33.0 Å². The fourth-order valence-corrected chi connectivity index (χ4v) is 2.73. The third-order valence-electron chi connectivity index (χ3n) is 3.92. The van der Waals surface area contributed by atoms with Crippen molar-refractivity contribution in [2.24, 2.45) is 7.05 Å². The molecule has 0 aromatic carbocycles. The Bertz CT molecular complexity index is 679. The van der Waals surface area contributed by atoms with E-state index in [0.717, 1.165) is 5.82 Å². The number of aryl methyl sites for hydroxylation is 1. The average Bonchev–Trinajstić information content (AvgIpc) is 2.95. The molecule has 3 heterocycles. The first-order valence-corrected chi connectivity index (χ1v) is 6.88. The van der Waals surface area contributed by atoms with Gasteiger partial charge >= 0.3 is 0 Å². The molecule has 2 aromatic heterocycles. The number of anilines is 1. The molecule has 0 radical (unpaired) electrons. The van der Waals surface area contributed by atoms with E-state index in [1.54, 1.807) is 11.7 Å². The molecule has 0 spiro atoms. The van der Waals surface area contributed by atoms with Gasteiger partial charge < -0.3 is 10.0 Å². The number of rotatable bonds is 2. The lowest BCUT2D eigenvalue weighted by Crippen LogP contribution is -2.44. The number of aromatic nitrogens is 4. The van der Waals surface area contributed by atoms with Gasteiger partial charge in [-0.25, -0.2) is 9.97 Å². The van der Waals surface area contributed by atoms with Crippen molar-refractivity contribution in [3.05, 3.63) is 36.0 Å². The summed E-state index contributed by atoms with van der Waals surface area (Å²) in [5.41, 5.74) is -0.299. The van der Waals surface area contributed by atoms with Gasteiger partial charge in [0.1, 0.15) is 23.4 Å². The predicted molar refractivity (Wildman–Crippen MR) is 78.5 cm³/mol. The van der Waals surface area contributed by atoms with Crippen LogP contribution in [0.15, 0.2) is 24.5 Å². The van der Waals surface area contributed by atoms with Crippen molar-refractivity contribution in [3.63, 3.8) is 0 Å². The van der Waals surface area contributed by atoms with Crippen molar-refractivity contribution >= 4 is 5.82 Å². The SMILES string of the molecule is C#Cc1cccc(N2CCC(O)(c3ncnn3C)CC2)n1. The summed E-state index contributed by atoms with van der Waals surface area (Å²) in [6, 6.07) is 5.65. The topological polar surface area (TPSA) is 67.1 Å². The van der Waals surface area contributed by atoms with Gasteiger partial charge in [0.05, 0.1) is 0 Å². The molecule has 0 atom stereocenters. The van der Waals surface area contributed by atoms with E-state index < -0.39 is 5.60 Å². The molecule has 108 valence electrons. The third kappa shape index (κ3) is 2.48. The summed E-state index contributed by atoms with van der Waals surface area (Å²) in [5.74, 6) is 4.01. The van der Waals surface area contributed by atoms with Gasteiger partial charge in [-0.2, -0.15) is 5.10 Å². The maximum atomic E-state index is 10.8. The molecule has 21 heavy (non-hydrogen) atoms. The number of aliphatic hydroxyl groups is 1. The summed E-state index contributed by atoms with van der Waals surface area (Å²) < 4.78 is 1.63. The van der Waals surface area contributed by atoms with E-state index in [9.17, 15) is 5.11 Å². The van der Waals surface area contributed by atoms with Crippen molar-refractivity contribution in [2.45, 2.75) is 18.4 Å². The van der Waals surface area contributed by atoms with E-state index in [1.807, 2.05) is 18.2 Å². The van der Waals surface area contributed by atoms with Crippen LogP contribution < -0.4 is 4.90 Å². The first-order valence-electron chi connectivity index (χ1n) is 6.88. The molecule has 0 unspecified atom stereocenters. The Balaban J connectivity index is 1.76. The van der Waals surface area contributed by atoms with E-state index in [4.69, 9.17) is 6.42 Å². The number of nitrogens with zero attached hydrogens (tertiary/aromatic N) is 5. The Labute approximate surface area is 123 Å². The lowest BCUT2D eigenvalue weighted by molar-refractivity contribution is -0.000176.